The minimum atomic E-state index is -4.29. The molecule has 0 radical (unpaired) electrons. The highest BCUT2D eigenvalue weighted by atomic mass is 32.2. The lowest BCUT2D eigenvalue weighted by Gasteiger charge is -2.34. The van der Waals surface area contributed by atoms with E-state index in [0.29, 0.717) is 31.1 Å². The summed E-state index contributed by atoms with van der Waals surface area (Å²) in [5, 5.41) is 2.87. The Hall–Kier alpha value is -4.90. The molecule has 0 bridgehead atoms. The summed E-state index contributed by atoms with van der Waals surface area (Å²) in [5.41, 5.74) is 1.14. The van der Waals surface area contributed by atoms with E-state index in [1.165, 1.54) is 41.3 Å². The fourth-order valence-corrected chi connectivity index (χ4v) is 6.59. The number of carbonyl (C=O) groups is 2. The summed E-state index contributed by atoms with van der Waals surface area (Å²) in [4.78, 5) is 29.4. The van der Waals surface area contributed by atoms with Gasteiger partial charge in [-0.15, -0.1) is 0 Å². The maximum atomic E-state index is 15.0. The molecule has 0 spiro atoms. The Morgan fingerprint density at radius 2 is 1.52 bits per heavy atom. The number of ether oxygens (including phenoxy) is 2. The minimum Gasteiger partial charge on any atom is -0.486 e. The summed E-state index contributed by atoms with van der Waals surface area (Å²) < 4.78 is 55.7. The Morgan fingerprint density at radius 1 is 0.870 bits per heavy atom. The van der Waals surface area contributed by atoms with Gasteiger partial charge in [-0.2, -0.15) is 0 Å². The number of hydrogen-bond donors (Lipinski definition) is 1. The zero-order valence-corrected chi connectivity index (χ0v) is 26.3. The lowest BCUT2D eigenvalue weighted by atomic mass is 10.0. The van der Waals surface area contributed by atoms with Crippen molar-refractivity contribution in [2.75, 3.05) is 30.6 Å². The number of nitrogens with one attached hydrogen (secondary N) is 1. The summed E-state index contributed by atoms with van der Waals surface area (Å²) in [6.45, 7) is 1.99. The lowest BCUT2D eigenvalue weighted by Crippen LogP contribution is -2.53. The zero-order chi connectivity index (χ0) is 32.5. The van der Waals surface area contributed by atoms with Crippen LogP contribution in [0, 0.1) is 5.82 Å². The fourth-order valence-electron chi connectivity index (χ4n) is 5.17. The average molecular weight is 646 g/mol. The molecule has 0 saturated carbocycles. The smallest absolute Gasteiger partial charge is 0.264 e. The fraction of sp³-hybridized carbons (Fsp3) is 0.257. The summed E-state index contributed by atoms with van der Waals surface area (Å²) in [7, 11) is -4.29. The maximum Gasteiger partial charge on any atom is 0.264 e. The number of amides is 2. The first-order chi connectivity index (χ1) is 22.3. The number of carbonyl (C=O) groups excluding carboxylic acids is 2. The number of benzene rings is 4. The first-order valence-electron chi connectivity index (χ1n) is 15.1. The van der Waals surface area contributed by atoms with Crippen molar-refractivity contribution in [3.05, 3.63) is 120 Å². The minimum absolute atomic E-state index is 0.0279. The Morgan fingerprint density at radius 3 is 2.22 bits per heavy atom. The SMILES string of the molecule is CCCNC(=O)[C@@H](Cc1ccccc1)N(Cc1ccccc1F)C(=O)CN(c1ccc2c(c1)OCCO2)S(=O)(=O)c1ccccc1. The van der Waals surface area contributed by atoms with Crippen LogP contribution in [-0.2, 0) is 32.6 Å². The van der Waals surface area contributed by atoms with E-state index in [1.54, 1.807) is 36.4 Å². The zero-order valence-electron chi connectivity index (χ0n) is 25.5. The molecule has 4 aromatic carbocycles. The Kier molecular flexibility index (Phi) is 10.5. The number of rotatable bonds is 13. The van der Waals surface area contributed by atoms with Gasteiger partial charge in [-0.05, 0) is 42.3 Å². The van der Waals surface area contributed by atoms with Crippen molar-refractivity contribution in [2.24, 2.45) is 0 Å². The highest BCUT2D eigenvalue weighted by Crippen LogP contribution is 2.36. The van der Waals surface area contributed by atoms with Crippen molar-refractivity contribution >= 4 is 27.5 Å². The second-order valence-electron chi connectivity index (χ2n) is 10.8. The first-order valence-corrected chi connectivity index (χ1v) is 16.5. The van der Waals surface area contributed by atoms with Crippen LogP contribution in [0.2, 0.25) is 0 Å². The standard InChI is InChI=1S/C35H36FN3O6S/c1-2-19-37-35(41)31(22-26-11-5-3-6-12-26)38(24-27-13-9-10-16-30(27)36)34(40)25-39(46(42,43)29-14-7-4-8-15-29)28-17-18-32-33(23-28)45-21-20-44-32/h3-18,23,31H,2,19-22,24-25H2,1H3,(H,37,41)/t31-/m1/s1. The second-order valence-corrected chi connectivity index (χ2v) is 12.6. The van der Waals surface area contributed by atoms with Crippen molar-refractivity contribution < 1.29 is 31.9 Å². The molecule has 0 fully saturated rings. The third-order valence-electron chi connectivity index (χ3n) is 7.54. The first kappa shape index (κ1) is 32.5. The number of nitrogens with zero attached hydrogens (tertiary/aromatic N) is 2. The van der Waals surface area contributed by atoms with Crippen LogP contribution in [0.3, 0.4) is 0 Å². The summed E-state index contributed by atoms with van der Waals surface area (Å²) in [5.74, 6) is -0.866. The molecule has 1 aliphatic heterocycles. The summed E-state index contributed by atoms with van der Waals surface area (Å²) in [6, 6.07) is 26.5. The predicted molar refractivity (Wildman–Crippen MR) is 173 cm³/mol. The third kappa shape index (κ3) is 7.66. The monoisotopic (exact) mass is 645 g/mol. The molecule has 1 aliphatic rings. The molecular formula is C35H36FN3O6S. The van der Waals surface area contributed by atoms with Crippen molar-refractivity contribution in [2.45, 2.75) is 37.2 Å². The normalized spacial score (nSPS) is 13.0. The molecule has 0 unspecified atom stereocenters. The van der Waals surface area contributed by atoms with Gasteiger partial charge in [0.15, 0.2) is 11.5 Å². The van der Waals surface area contributed by atoms with Crippen LogP contribution in [0.25, 0.3) is 0 Å². The molecule has 0 aliphatic carbocycles. The van der Waals surface area contributed by atoms with E-state index in [2.05, 4.69) is 5.32 Å². The van der Waals surface area contributed by atoms with Gasteiger partial charge < -0.3 is 19.7 Å². The molecule has 46 heavy (non-hydrogen) atoms. The van der Waals surface area contributed by atoms with Gasteiger partial charge in [0, 0.05) is 31.1 Å². The molecule has 4 aromatic rings. The average Bonchev–Trinajstić information content (AvgIpc) is 3.08. The van der Waals surface area contributed by atoms with Crippen LogP contribution in [0.15, 0.2) is 108 Å². The van der Waals surface area contributed by atoms with Gasteiger partial charge in [0.05, 0.1) is 10.6 Å². The highest BCUT2D eigenvalue weighted by Gasteiger charge is 2.35. The molecule has 0 aromatic heterocycles. The van der Waals surface area contributed by atoms with Crippen molar-refractivity contribution in [1.29, 1.82) is 0 Å². The number of fused-ring (bicyclic) bond motifs is 1. The van der Waals surface area contributed by atoms with Crippen molar-refractivity contribution in [3.8, 4) is 11.5 Å². The Bertz CT molecular complexity index is 1750. The van der Waals surface area contributed by atoms with Gasteiger partial charge in [-0.25, -0.2) is 12.8 Å². The molecule has 11 heteroatoms. The molecule has 5 rings (SSSR count). The van der Waals surface area contributed by atoms with E-state index < -0.39 is 40.2 Å². The largest absolute Gasteiger partial charge is 0.486 e. The highest BCUT2D eigenvalue weighted by molar-refractivity contribution is 7.92. The van der Waals surface area contributed by atoms with E-state index in [0.717, 1.165) is 9.87 Å². The Balaban J connectivity index is 1.58. The van der Waals surface area contributed by atoms with Crippen LogP contribution >= 0.6 is 0 Å². The molecule has 9 nitrogen and oxygen atoms in total. The second kappa shape index (κ2) is 14.9. The number of halogens is 1. The van der Waals surface area contributed by atoms with E-state index in [-0.39, 0.29) is 35.7 Å². The predicted octanol–water partition coefficient (Wildman–Crippen LogP) is 4.96. The van der Waals surface area contributed by atoms with Crippen LogP contribution in [-0.4, -0.2) is 57.5 Å². The third-order valence-corrected chi connectivity index (χ3v) is 9.33. The van der Waals surface area contributed by atoms with E-state index in [9.17, 15) is 18.0 Å². The quantitative estimate of drug-likeness (QED) is 0.221. The van der Waals surface area contributed by atoms with E-state index in [4.69, 9.17) is 9.47 Å². The molecule has 1 N–H and O–H groups in total. The van der Waals surface area contributed by atoms with Crippen LogP contribution in [0.4, 0.5) is 10.1 Å². The van der Waals surface area contributed by atoms with Gasteiger partial charge in [-0.1, -0.05) is 73.7 Å². The number of anilines is 1. The van der Waals surface area contributed by atoms with Crippen LogP contribution in [0.5, 0.6) is 11.5 Å². The lowest BCUT2D eigenvalue weighted by molar-refractivity contribution is -0.140. The molecule has 2 amide bonds. The van der Waals surface area contributed by atoms with Crippen LogP contribution < -0.4 is 19.1 Å². The number of hydrogen-bond acceptors (Lipinski definition) is 6. The van der Waals surface area contributed by atoms with Crippen molar-refractivity contribution in [3.63, 3.8) is 0 Å². The van der Waals surface area contributed by atoms with Gasteiger partial charge in [0.1, 0.15) is 31.6 Å². The van der Waals surface area contributed by atoms with E-state index in [1.807, 2.05) is 37.3 Å². The van der Waals surface area contributed by atoms with Gasteiger partial charge in [0.2, 0.25) is 11.8 Å². The molecule has 1 heterocycles. The maximum absolute atomic E-state index is 15.0. The van der Waals surface area contributed by atoms with Gasteiger partial charge in [0.25, 0.3) is 10.0 Å². The Labute approximate surface area is 268 Å². The molecule has 1 atom stereocenters. The van der Waals surface area contributed by atoms with Gasteiger partial charge in [-0.3, -0.25) is 13.9 Å². The molecule has 0 saturated heterocycles. The number of sulfonamides is 1. The summed E-state index contributed by atoms with van der Waals surface area (Å²) in [6.07, 6.45) is 0.796. The topological polar surface area (TPSA) is 105 Å². The van der Waals surface area contributed by atoms with E-state index >= 15 is 4.39 Å². The molecular weight excluding hydrogens is 609 g/mol. The van der Waals surface area contributed by atoms with Crippen molar-refractivity contribution in [1.82, 2.24) is 10.2 Å². The van der Waals surface area contributed by atoms with Gasteiger partial charge >= 0.3 is 0 Å². The molecule has 240 valence electrons. The summed E-state index contributed by atoms with van der Waals surface area (Å²) >= 11 is 0. The van der Waals surface area contributed by atoms with Crippen LogP contribution in [0.1, 0.15) is 24.5 Å².